The standard InChI is InChI=1S/C6H10O3.2C3H8O.La/c1-3-9-6(8)4-5(2)7;2*1-2-3-4;/h4,7H,3H2,1-2H3;2*4H,2-3H2,1H3;/p+1. The average molecular weight is 390 g/mol. The molecular weight excluding hydrogens is 363 g/mol. The van der Waals surface area contributed by atoms with Gasteiger partial charge in [0.15, 0.2) is 6.61 Å². The molecule has 0 atom stereocenters. The zero-order valence-corrected chi connectivity index (χ0v) is 15.5. The minimum Gasteiger partial charge on any atom is -0.512 e. The fourth-order valence-corrected chi connectivity index (χ4v) is 0.368. The molecule has 0 aromatic rings. The Balaban J connectivity index is -0.0000000922. The van der Waals surface area contributed by atoms with Gasteiger partial charge in [0.25, 0.3) is 0 Å². The summed E-state index contributed by atoms with van der Waals surface area (Å²) >= 11 is 0. The van der Waals surface area contributed by atoms with E-state index in [-0.39, 0.29) is 47.3 Å². The molecule has 0 aromatic heterocycles. The molecule has 1 radical (unpaired) electrons. The molecule has 0 bridgehead atoms. The van der Waals surface area contributed by atoms with Crippen LogP contribution in [0.2, 0.25) is 0 Å². The average Bonchev–Trinajstić information content (AvgIpc) is 2.29. The van der Waals surface area contributed by atoms with Crippen molar-refractivity contribution in [1.29, 1.82) is 0 Å². The van der Waals surface area contributed by atoms with Crippen molar-refractivity contribution in [2.75, 3.05) is 19.8 Å². The maximum atomic E-state index is 8.68. The van der Waals surface area contributed by atoms with Crippen LogP contribution in [0.1, 0.15) is 40.5 Å². The SMILES string of the molecule is CCCO.CCCO.CCOC(=[OH+])C=C(C)O.[La]. The van der Waals surface area contributed by atoms with E-state index in [4.69, 9.17) is 20.1 Å². The predicted octanol–water partition coefficient (Wildman–Crippen LogP) is 1.76. The Kier molecular flexibility index (Phi) is 38.3. The molecule has 0 unspecified atom stereocenters. The third kappa shape index (κ3) is 44.3. The van der Waals surface area contributed by atoms with Gasteiger partial charge < -0.3 is 24.9 Å². The van der Waals surface area contributed by atoms with Gasteiger partial charge in [-0.3, -0.25) is 0 Å². The number of ether oxygens (including phenoxy) is 1. The van der Waals surface area contributed by atoms with Gasteiger partial charge in [-0.25, -0.2) is 0 Å². The largest absolute Gasteiger partial charge is 0.513 e. The maximum Gasteiger partial charge on any atom is 0.513 e. The molecule has 0 saturated heterocycles. The van der Waals surface area contributed by atoms with E-state index in [0.29, 0.717) is 19.8 Å². The number of carbonyl (C=O) groups excluding carboxylic acids is 1. The molecule has 5 nitrogen and oxygen atoms in total. The zero-order chi connectivity index (χ0) is 14.1. The zero-order valence-electron chi connectivity index (χ0n) is 11.9. The number of esters is 1. The molecule has 0 aliphatic carbocycles. The minimum absolute atomic E-state index is 0. The van der Waals surface area contributed by atoms with Crippen LogP contribution in [0, 0.1) is 35.6 Å². The summed E-state index contributed by atoms with van der Waals surface area (Å²) in [6.07, 6.45) is 2.89. The van der Waals surface area contributed by atoms with E-state index in [2.05, 4.69) is 4.74 Å². The van der Waals surface area contributed by atoms with Crippen molar-refractivity contribution < 1.29 is 60.4 Å². The van der Waals surface area contributed by atoms with Crippen LogP contribution in [-0.4, -0.2) is 45.9 Å². The first kappa shape index (κ1) is 26.6. The van der Waals surface area contributed by atoms with Crippen LogP contribution in [0.3, 0.4) is 0 Å². The second-order valence-corrected chi connectivity index (χ2v) is 3.00. The van der Waals surface area contributed by atoms with E-state index < -0.39 is 0 Å². The molecule has 0 heterocycles. The minimum atomic E-state index is -0.252. The van der Waals surface area contributed by atoms with Gasteiger partial charge >= 0.3 is 5.97 Å². The Labute approximate surface area is 138 Å². The van der Waals surface area contributed by atoms with Crippen molar-refractivity contribution in [3.05, 3.63) is 11.8 Å². The summed E-state index contributed by atoms with van der Waals surface area (Å²) in [5.74, 6) is -0.224. The number of rotatable bonds is 4. The molecule has 107 valence electrons. The molecule has 0 spiro atoms. The Morgan fingerprint density at radius 2 is 1.44 bits per heavy atom. The normalized spacial score (nSPS) is 8.89. The van der Waals surface area contributed by atoms with Crippen LogP contribution < -0.4 is 0 Å². The first-order valence-electron chi connectivity index (χ1n) is 5.77. The number of hydrogen-bond acceptors (Lipinski definition) is 4. The van der Waals surface area contributed by atoms with Crippen LogP contribution >= 0.6 is 0 Å². The van der Waals surface area contributed by atoms with Crippen molar-refractivity contribution in [3.63, 3.8) is 0 Å². The Morgan fingerprint density at radius 1 is 1.11 bits per heavy atom. The summed E-state index contributed by atoms with van der Waals surface area (Å²) in [5.41, 5.74) is 0. The summed E-state index contributed by atoms with van der Waals surface area (Å²) in [7, 11) is 0. The second-order valence-electron chi connectivity index (χ2n) is 3.00. The third-order valence-corrected chi connectivity index (χ3v) is 1.07. The van der Waals surface area contributed by atoms with Gasteiger partial charge in [-0.1, -0.05) is 13.8 Å². The topological polar surface area (TPSA) is 91.3 Å². The van der Waals surface area contributed by atoms with Gasteiger partial charge in [-0.2, -0.15) is 0 Å². The molecule has 0 amide bonds. The molecule has 0 aromatic carbocycles. The molecular formula is C12H27LaO5+. The molecule has 0 aliphatic rings. The maximum absolute atomic E-state index is 8.68. The third-order valence-electron chi connectivity index (χ3n) is 1.07. The Morgan fingerprint density at radius 3 is 1.61 bits per heavy atom. The van der Waals surface area contributed by atoms with Gasteiger partial charge in [0.2, 0.25) is 0 Å². The van der Waals surface area contributed by atoms with Gasteiger partial charge in [-0.05, 0) is 26.7 Å². The molecule has 4 N–H and O–H groups in total. The van der Waals surface area contributed by atoms with Crippen LogP contribution in [0.25, 0.3) is 0 Å². The first-order chi connectivity index (χ1) is 7.99. The number of hydrogen-bond donors (Lipinski definition) is 3. The fraction of sp³-hybridized carbons (Fsp3) is 0.750. The van der Waals surface area contributed by atoms with Gasteiger partial charge in [0.1, 0.15) is 11.8 Å². The molecule has 18 heavy (non-hydrogen) atoms. The van der Waals surface area contributed by atoms with E-state index in [1.807, 2.05) is 13.8 Å². The summed E-state index contributed by atoms with van der Waals surface area (Å²) < 4.78 is 4.59. The van der Waals surface area contributed by atoms with E-state index >= 15 is 0 Å². The molecule has 0 rings (SSSR count). The predicted molar refractivity (Wildman–Crippen MR) is 69.7 cm³/mol. The number of aliphatic hydroxyl groups excluding tert-OH is 3. The van der Waals surface area contributed by atoms with Gasteiger partial charge in [0.05, 0.1) is 0 Å². The molecule has 0 aliphatic heterocycles. The van der Waals surface area contributed by atoms with Gasteiger partial charge in [-0.15, -0.1) is 0 Å². The summed E-state index contributed by atoms with van der Waals surface area (Å²) in [4.78, 5) is 8.68. The van der Waals surface area contributed by atoms with Crippen molar-refractivity contribution in [1.82, 2.24) is 0 Å². The van der Waals surface area contributed by atoms with Crippen molar-refractivity contribution in [2.45, 2.75) is 40.5 Å². The Hall–Kier alpha value is 0.125. The smallest absolute Gasteiger partial charge is 0.512 e. The van der Waals surface area contributed by atoms with Crippen molar-refractivity contribution >= 4 is 5.97 Å². The number of aliphatic hydroxyl groups is 3. The van der Waals surface area contributed by atoms with Crippen molar-refractivity contribution in [3.8, 4) is 0 Å². The summed E-state index contributed by atoms with van der Waals surface area (Å²) in [6.45, 7) is 8.10. The second kappa shape index (κ2) is 25.8. The van der Waals surface area contributed by atoms with Crippen LogP contribution in [0.4, 0.5) is 0 Å². The van der Waals surface area contributed by atoms with Crippen LogP contribution in [0.5, 0.6) is 0 Å². The molecule has 0 saturated carbocycles. The van der Waals surface area contributed by atoms with E-state index in [0.717, 1.165) is 18.9 Å². The Bertz CT molecular complexity index is 171. The summed E-state index contributed by atoms with van der Waals surface area (Å²) in [5, 5.41) is 24.3. The van der Waals surface area contributed by atoms with E-state index in [1.54, 1.807) is 6.92 Å². The fourth-order valence-electron chi connectivity index (χ4n) is 0.368. The molecule has 6 heteroatoms. The number of allylic oxidation sites excluding steroid dienone is 1. The monoisotopic (exact) mass is 390 g/mol. The van der Waals surface area contributed by atoms with Gasteiger partial charge in [0, 0.05) is 48.8 Å². The molecule has 0 fully saturated rings. The van der Waals surface area contributed by atoms with Crippen molar-refractivity contribution in [2.24, 2.45) is 0 Å². The summed E-state index contributed by atoms with van der Waals surface area (Å²) in [6, 6.07) is 0. The van der Waals surface area contributed by atoms with Crippen LogP contribution in [0.15, 0.2) is 11.8 Å². The van der Waals surface area contributed by atoms with Crippen LogP contribution in [-0.2, 0) is 4.74 Å². The van der Waals surface area contributed by atoms with E-state index in [9.17, 15) is 0 Å². The van der Waals surface area contributed by atoms with E-state index in [1.165, 1.54) is 6.92 Å². The first-order valence-corrected chi connectivity index (χ1v) is 5.77. The quantitative estimate of drug-likeness (QED) is 0.295.